The van der Waals surface area contributed by atoms with Gasteiger partial charge >= 0.3 is 7.12 Å². The fraction of sp³-hybridized carbons (Fsp3) is 0.722. The molecular formula is C18H28BClN4O3. The molecule has 0 spiro atoms. The van der Waals surface area contributed by atoms with Gasteiger partial charge in [0.2, 0.25) is 11.9 Å². The van der Waals surface area contributed by atoms with Crippen LogP contribution in [0.3, 0.4) is 0 Å². The molecule has 1 amide bonds. The predicted octanol–water partition coefficient (Wildman–Crippen LogP) is 1.44. The Bertz CT molecular complexity index is 662. The lowest BCUT2D eigenvalue weighted by atomic mass is 9.81. The number of hydrogen-bond acceptors (Lipinski definition) is 6. The van der Waals surface area contributed by atoms with E-state index < -0.39 is 7.12 Å². The first kappa shape index (κ1) is 20.4. The summed E-state index contributed by atoms with van der Waals surface area (Å²) in [6.07, 6.45) is 5.31. The van der Waals surface area contributed by atoms with Gasteiger partial charge in [0.15, 0.2) is 0 Å². The summed E-state index contributed by atoms with van der Waals surface area (Å²) in [5.74, 6) is 0.693. The smallest absolute Gasteiger partial charge is 0.399 e. The maximum atomic E-state index is 11.7. The zero-order valence-electron chi connectivity index (χ0n) is 16.7. The minimum Gasteiger partial charge on any atom is -0.399 e. The summed E-state index contributed by atoms with van der Waals surface area (Å²) in [5, 5.41) is 0. The van der Waals surface area contributed by atoms with Gasteiger partial charge in [0, 0.05) is 44.0 Å². The van der Waals surface area contributed by atoms with Crippen molar-refractivity contribution in [2.75, 3.05) is 30.9 Å². The highest BCUT2D eigenvalue weighted by Crippen LogP contribution is 2.36. The Labute approximate surface area is 166 Å². The third-order valence-corrected chi connectivity index (χ3v) is 6.21. The molecule has 27 heavy (non-hydrogen) atoms. The van der Waals surface area contributed by atoms with E-state index in [-0.39, 0.29) is 29.0 Å². The number of halogens is 1. The van der Waals surface area contributed by atoms with Gasteiger partial charge in [0.1, 0.15) is 5.88 Å². The largest absolute Gasteiger partial charge is 0.498 e. The number of carbonyl (C=O) groups excluding carboxylic acids is 1. The summed E-state index contributed by atoms with van der Waals surface area (Å²) >= 11 is 5.65. The van der Waals surface area contributed by atoms with Crippen molar-refractivity contribution in [3.8, 4) is 0 Å². The molecule has 1 aromatic heterocycles. The van der Waals surface area contributed by atoms with Crippen LogP contribution in [-0.2, 0) is 14.1 Å². The molecule has 0 aliphatic carbocycles. The molecule has 0 saturated carbocycles. The van der Waals surface area contributed by atoms with Crippen LogP contribution in [0.15, 0.2) is 12.4 Å². The van der Waals surface area contributed by atoms with Gasteiger partial charge in [0.05, 0.1) is 11.2 Å². The number of amides is 1. The van der Waals surface area contributed by atoms with Crippen LogP contribution in [0.1, 0.15) is 40.5 Å². The molecule has 3 rings (SSSR count). The predicted molar refractivity (Wildman–Crippen MR) is 106 cm³/mol. The summed E-state index contributed by atoms with van der Waals surface area (Å²) in [7, 11) is 1.37. The van der Waals surface area contributed by atoms with E-state index in [1.807, 2.05) is 34.7 Å². The minimum atomic E-state index is -0.454. The van der Waals surface area contributed by atoms with Crippen LogP contribution in [-0.4, -0.2) is 71.2 Å². The van der Waals surface area contributed by atoms with Crippen LogP contribution in [0.25, 0.3) is 0 Å². The number of anilines is 1. The number of aromatic nitrogens is 2. The van der Waals surface area contributed by atoms with Gasteiger partial charge in [-0.2, -0.15) is 0 Å². The van der Waals surface area contributed by atoms with Gasteiger partial charge < -0.3 is 19.1 Å². The first-order valence-corrected chi connectivity index (χ1v) is 9.92. The van der Waals surface area contributed by atoms with Gasteiger partial charge in [-0.3, -0.25) is 4.79 Å². The second-order valence-electron chi connectivity index (χ2n) is 8.26. The average Bonchev–Trinajstić information content (AvgIpc) is 2.88. The van der Waals surface area contributed by atoms with Crippen molar-refractivity contribution in [1.82, 2.24) is 14.9 Å². The van der Waals surface area contributed by atoms with Crippen molar-refractivity contribution in [3.05, 3.63) is 12.4 Å². The Balaban J connectivity index is 1.60. The van der Waals surface area contributed by atoms with E-state index in [0.29, 0.717) is 5.95 Å². The maximum absolute atomic E-state index is 11.7. The van der Waals surface area contributed by atoms with Crippen molar-refractivity contribution < 1.29 is 14.1 Å². The van der Waals surface area contributed by atoms with Crippen LogP contribution in [0, 0.1) is 0 Å². The lowest BCUT2D eigenvalue weighted by Gasteiger charge is -2.36. The van der Waals surface area contributed by atoms with E-state index in [4.69, 9.17) is 20.9 Å². The molecule has 7 nitrogen and oxygen atoms in total. The highest BCUT2D eigenvalue weighted by molar-refractivity contribution is 6.61. The Hall–Kier alpha value is -1.38. The number of carbonyl (C=O) groups is 1. The SMILES string of the molecule is CN(C(=O)CCl)C1CCN(c2ncc(B3OC(C)(C)C(C)(C)O3)cn2)CC1. The molecule has 2 saturated heterocycles. The van der Waals surface area contributed by atoms with Crippen LogP contribution in [0.4, 0.5) is 5.95 Å². The monoisotopic (exact) mass is 394 g/mol. The summed E-state index contributed by atoms with van der Waals surface area (Å²) in [6.45, 7) is 9.72. The fourth-order valence-electron chi connectivity index (χ4n) is 3.35. The molecule has 0 bridgehead atoms. The number of nitrogens with zero attached hydrogens (tertiary/aromatic N) is 4. The molecule has 0 atom stereocenters. The van der Waals surface area contributed by atoms with E-state index >= 15 is 0 Å². The van der Waals surface area contributed by atoms with E-state index in [0.717, 1.165) is 31.4 Å². The number of alkyl halides is 1. The third-order valence-electron chi connectivity index (χ3n) is 5.99. The first-order chi connectivity index (χ1) is 12.6. The summed E-state index contributed by atoms with van der Waals surface area (Å²) in [4.78, 5) is 24.7. The number of hydrogen-bond donors (Lipinski definition) is 0. The molecule has 0 N–H and O–H groups in total. The van der Waals surface area contributed by atoms with E-state index in [1.165, 1.54) is 0 Å². The number of rotatable bonds is 4. The van der Waals surface area contributed by atoms with Crippen LogP contribution in [0.2, 0.25) is 0 Å². The summed E-state index contributed by atoms with van der Waals surface area (Å²) < 4.78 is 12.1. The molecule has 148 valence electrons. The summed E-state index contributed by atoms with van der Waals surface area (Å²) in [6, 6.07) is 0.219. The second-order valence-corrected chi connectivity index (χ2v) is 8.53. The summed E-state index contributed by atoms with van der Waals surface area (Å²) in [5.41, 5.74) is 0.0508. The quantitative estimate of drug-likeness (QED) is 0.569. The van der Waals surface area contributed by atoms with E-state index in [1.54, 1.807) is 17.3 Å². The Morgan fingerprint density at radius 1 is 1.22 bits per heavy atom. The van der Waals surface area contributed by atoms with Crippen LogP contribution < -0.4 is 10.4 Å². The highest BCUT2D eigenvalue weighted by atomic mass is 35.5. The van der Waals surface area contributed by atoms with Crippen molar-refractivity contribution in [2.24, 2.45) is 0 Å². The molecule has 1 aromatic rings. The molecule has 0 radical (unpaired) electrons. The first-order valence-electron chi connectivity index (χ1n) is 9.39. The molecule has 2 fully saturated rings. The van der Waals surface area contributed by atoms with E-state index in [2.05, 4.69) is 14.9 Å². The maximum Gasteiger partial charge on any atom is 0.498 e. The molecule has 2 aliphatic rings. The van der Waals surface area contributed by atoms with Crippen molar-refractivity contribution in [1.29, 1.82) is 0 Å². The van der Waals surface area contributed by atoms with Gasteiger partial charge in [-0.05, 0) is 40.5 Å². The normalized spacial score (nSPS) is 22.1. The van der Waals surface area contributed by atoms with Gasteiger partial charge in [0.25, 0.3) is 0 Å². The third kappa shape index (κ3) is 4.07. The van der Waals surface area contributed by atoms with Gasteiger partial charge in [-0.15, -0.1) is 11.6 Å². The molecular weight excluding hydrogens is 366 g/mol. The van der Waals surface area contributed by atoms with E-state index in [9.17, 15) is 4.79 Å². The van der Waals surface area contributed by atoms with Crippen LogP contribution >= 0.6 is 11.6 Å². The Morgan fingerprint density at radius 3 is 2.22 bits per heavy atom. The van der Waals surface area contributed by atoms with Gasteiger partial charge in [-0.25, -0.2) is 9.97 Å². The Morgan fingerprint density at radius 2 is 1.74 bits per heavy atom. The fourth-order valence-corrected chi connectivity index (χ4v) is 3.53. The minimum absolute atomic E-state index is 0.0280. The van der Waals surface area contributed by atoms with Crippen molar-refractivity contribution >= 4 is 36.0 Å². The molecule has 0 aromatic carbocycles. The molecule has 9 heteroatoms. The lowest BCUT2D eigenvalue weighted by Crippen LogP contribution is -2.46. The van der Waals surface area contributed by atoms with Gasteiger partial charge in [-0.1, -0.05) is 0 Å². The molecule has 2 aliphatic heterocycles. The number of piperidine rings is 1. The van der Waals surface area contributed by atoms with Crippen molar-refractivity contribution in [3.63, 3.8) is 0 Å². The highest BCUT2D eigenvalue weighted by Gasteiger charge is 2.52. The molecule has 3 heterocycles. The van der Waals surface area contributed by atoms with Crippen LogP contribution in [0.5, 0.6) is 0 Å². The zero-order chi connectivity index (χ0) is 19.8. The van der Waals surface area contributed by atoms with Crippen molar-refractivity contribution in [2.45, 2.75) is 57.8 Å². The average molecular weight is 395 g/mol. The standard InChI is InChI=1S/C18H28BClN4O3/c1-17(2)18(3,4)27-19(26-17)13-11-21-16(22-12-13)24-8-6-14(7-9-24)23(5)15(25)10-20/h11-12,14H,6-10H2,1-5H3. The molecule has 0 unspecified atom stereocenters. The topological polar surface area (TPSA) is 67.8 Å². The Kier molecular flexibility index (Phi) is 5.70. The second kappa shape index (κ2) is 7.56. The zero-order valence-corrected chi connectivity index (χ0v) is 17.5. The lowest BCUT2D eigenvalue weighted by molar-refractivity contribution is -0.129.